The van der Waals surface area contributed by atoms with Crippen LogP contribution in [0.2, 0.25) is 0 Å². The number of hydrogen-bond acceptors (Lipinski definition) is 21. The number of phosphoric acid groups is 1. The number of nitrogens with zero attached hydrogens (tertiary/aromatic N) is 9. The van der Waals surface area contributed by atoms with E-state index in [0.29, 0.717) is 5.56 Å². The number of aliphatic hydroxyl groups excluding tert-OH is 1. The maximum atomic E-state index is 14.2. The highest BCUT2D eigenvalue weighted by Gasteiger charge is 2.52. The van der Waals surface area contributed by atoms with Crippen LogP contribution in [0.1, 0.15) is 63.9 Å². The van der Waals surface area contributed by atoms with Gasteiger partial charge in [0.15, 0.2) is 23.8 Å². The van der Waals surface area contributed by atoms with Gasteiger partial charge in [0.25, 0.3) is 0 Å². The van der Waals surface area contributed by atoms with Crippen LogP contribution in [0.5, 0.6) is 0 Å². The van der Waals surface area contributed by atoms with Crippen LogP contribution in [0.3, 0.4) is 0 Å². The molecule has 70 heavy (non-hydrogen) atoms. The normalized spacial score (nSPS) is 22.7. The lowest BCUT2D eigenvalue weighted by molar-refractivity contribution is -0.159. The van der Waals surface area contributed by atoms with Crippen molar-refractivity contribution in [1.29, 1.82) is 0 Å². The van der Waals surface area contributed by atoms with Gasteiger partial charge in [-0.25, -0.2) is 38.7 Å². The third kappa shape index (κ3) is 13.7. The van der Waals surface area contributed by atoms with E-state index in [-0.39, 0.29) is 60.3 Å². The number of hydrogen-bond donors (Lipinski definition) is 8. The first-order valence-electron chi connectivity index (χ1n) is 21.1. The minimum atomic E-state index is -5.16. The van der Waals surface area contributed by atoms with Gasteiger partial charge in [0.1, 0.15) is 53.8 Å². The van der Waals surface area contributed by atoms with Crippen LogP contribution >= 0.6 is 15.4 Å². The van der Waals surface area contributed by atoms with Gasteiger partial charge in [0.05, 0.1) is 31.3 Å². The lowest BCUT2D eigenvalue weighted by Gasteiger charge is -2.27. The number of phosphoric ester groups is 1. The maximum absolute atomic E-state index is 14.2. The summed E-state index contributed by atoms with van der Waals surface area (Å²) in [4.78, 5) is 102. The monoisotopic (exact) mass is 1020 g/mol. The molecule has 0 spiro atoms. The first-order chi connectivity index (χ1) is 32.9. The van der Waals surface area contributed by atoms with Gasteiger partial charge in [0, 0.05) is 29.8 Å². The molecule has 2 aliphatic heterocycles. The second-order valence-electron chi connectivity index (χ2n) is 16.7. The molecule has 0 saturated carbocycles. The third-order valence-corrected chi connectivity index (χ3v) is 12.8. The Morgan fingerprint density at radius 3 is 2.46 bits per heavy atom. The molecule has 6 rings (SSSR count). The summed E-state index contributed by atoms with van der Waals surface area (Å²) in [5.41, 5.74) is 17.8. The summed E-state index contributed by atoms with van der Waals surface area (Å²) in [5.74, 6) is -1.10. The van der Waals surface area contributed by atoms with E-state index in [0.717, 1.165) is 4.57 Å². The van der Waals surface area contributed by atoms with Crippen molar-refractivity contribution in [1.82, 2.24) is 39.7 Å². The number of aryl methyl sites for hydroxylation is 1. The van der Waals surface area contributed by atoms with E-state index in [1.165, 1.54) is 29.2 Å². The minimum absolute atomic E-state index is 0.0151. The molecule has 2 amide bonds. The zero-order chi connectivity index (χ0) is 51.1. The molecule has 380 valence electrons. The van der Waals surface area contributed by atoms with Crippen molar-refractivity contribution in [3.63, 3.8) is 0 Å². The summed E-state index contributed by atoms with van der Waals surface area (Å²) in [6.07, 6.45) is -9.69. The smallest absolute Gasteiger partial charge is 0.455 e. The van der Waals surface area contributed by atoms with Crippen molar-refractivity contribution in [2.45, 2.75) is 108 Å². The van der Waals surface area contributed by atoms with Gasteiger partial charge >= 0.3 is 39.3 Å². The summed E-state index contributed by atoms with van der Waals surface area (Å²) in [6.45, 7) is 4.10. The molecular weight excluding hydrogens is 972 g/mol. The average Bonchev–Trinajstić information content (AvgIpc) is 3.98. The van der Waals surface area contributed by atoms with E-state index in [4.69, 9.17) is 45.2 Å². The van der Waals surface area contributed by atoms with Crippen LogP contribution < -0.4 is 27.8 Å². The number of carbonyl (C=O) groups is 3. The molecule has 3 aromatic heterocycles. The summed E-state index contributed by atoms with van der Waals surface area (Å²) < 4.78 is 66.6. The van der Waals surface area contributed by atoms with Crippen molar-refractivity contribution < 1.29 is 76.0 Å². The number of azide groups is 1. The molecule has 32 heteroatoms. The van der Waals surface area contributed by atoms with Crippen LogP contribution in [-0.4, -0.2) is 128 Å². The molecular formula is C38H51N13O17P2. The van der Waals surface area contributed by atoms with Gasteiger partial charge in [-0.05, 0) is 57.7 Å². The largest absolute Gasteiger partial charge is 0.469 e. The standard InChI is InChI=1S/C38H51N13O17P2/c1-19-44-31(40)28-32(45-19)51(18-43-28)33-29(52)30(24(66-33)17-63-69(57,58)25-14-27(50-13-11-26(39)47-35(50)54)65-23(25)16-64-70(59,60)61)67-34(53)22(46-37(56)68-38(2,3)4)10-7-12-42-36(55)62-15-20-8-5-6-9-21(20)48-49-41/h5-6,8-9,11,13,18,22-25,27,29-30,33,52H,7,10,12,14-17H2,1-4H3,(H,42,55)(H,46,56)(H,57,58)(H2,39,47,54)(H2,40,44,45)(H2,59,60,61)/t22-,23+,24+,25-,27+,29+,30+,33+/m0/s1. The molecule has 0 aliphatic carbocycles. The number of ether oxygens (including phenoxy) is 5. The number of fused-ring (bicyclic) bond motifs is 1. The Balaban J connectivity index is 1.22. The van der Waals surface area contributed by atoms with Gasteiger partial charge < -0.3 is 70.1 Å². The maximum Gasteiger partial charge on any atom is 0.469 e. The van der Waals surface area contributed by atoms with E-state index in [2.05, 4.69) is 45.1 Å². The van der Waals surface area contributed by atoms with E-state index >= 15 is 0 Å². The first kappa shape index (κ1) is 53.1. The predicted octanol–water partition coefficient (Wildman–Crippen LogP) is 2.24. The van der Waals surface area contributed by atoms with Gasteiger partial charge in [-0.15, -0.1) is 0 Å². The highest BCUT2D eigenvalue weighted by Crippen LogP contribution is 2.56. The molecule has 1 unspecified atom stereocenters. The number of amides is 2. The Bertz CT molecular complexity index is 2760. The molecule has 9 atom stereocenters. The van der Waals surface area contributed by atoms with Crippen molar-refractivity contribution in [3.8, 4) is 0 Å². The molecule has 2 saturated heterocycles. The number of aliphatic hydroxyl groups is 1. The Kier molecular flexibility index (Phi) is 16.8. The Hall–Kier alpha value is -6.29. The zero-order valence-corrected chi connectivity index (χ0v) is 39.6. The Morgan fingerprint density at radius 1 is 1.03 bits per heavy atom. The molecule has 0 bridgehead atoms. The fourth-order valence-corrected chi connectivity index (χ4v) is 9.24. The van der Waals surface area contributed by atoms with E-state index in [1.807, 2.05) is 0 Å². The number of alkyl carbamates (subject to hydrolysis) is 2. The molecule has 0 radical (unpaired) electrons. The number of carbonyl (C=O) groups excluding carboxylic acids is 3. The van der Waals surface area contributed by atoms with E-state index in [9.17, 15) is 48.1 Å². The summed E-state index contributed by atoms with van der Waals surface area (Å²) in [7, 11) is -10.2. The molecule has 5 heterocycles. The number of nitrogen functional groups attached to an aromatic ring is 2. The van der Waals surface area contributed by atoms with Gasteiger partial charge in [-0.2, -0.15) is 4.98 Å². The average molecular weight is 1020 g/mol. The quantitative estimate of drug-likeness (QED) is 0.0127. The molecule has 4 aromatic rings. The number of esters is 1. The first-order valence-corrected chi connectivity index (χ1v) is 24.3. The van der Waals surface area contributed by atoms with Crippen LogP contribution in [0.15, 0.2) is 52.8 Å². The van der Waals surface area contributed by atoms with Gasteiger partial charge in [-0.1, -0.05) is 29.4 Å². The summed E-state index contributed by atoms with van der Waals surface area (Å²) in [5, 5.41) is 20.4. The SMILES string of the molecule is Cc1nc(N)c2ncn([C@@H]3O[C@H](COP(=O)(O)[C@H]4C[C@H](n5ccc(N)nc5=O)O[C@@H]4COP(=O)(O)O)[C@@H](OC(=O)[C@H](CCCNC(=O)OCc4ccccc4N=[N+]=[N-])NC(=O)OC(C)(C)C)[C@H]3O)c2n1. The lowest BCUT2D eigenvalue weighted by Crippen LogP contribution is -2.48. The second-order valence-corrected chi connectivity index (χ2v) is 20.0. The van der Waals surface area contributed by atoms with Gasteiger partial charge in [-0.3, -0.25) is 18.2 Å². The Labute approximate surface area is 396 Å². The number of anilines is 2. The lowest BCUT2D eigenvalue weighted by atomic mass is 10.1. The highest BCUT2D eigenvalue weighted by molar-refractivity contribution is 7.53. The number of imidazole rings is 1. The number of nitrogens with one attached hydrogen (secondary N) is 2. The number of rotatable bonds is 19. The number of aromatic nitrogens is 6. The number of nitrogens with two attached hydrogens (primary N) is 2. The minimum Gasteiger partial charge on any atom is -0.455 e. The fraction of sp³-hybridized carbons (Fsp3) is 0.526. The van der Waals surface area contributed by atoms with Crippen molar-refractivity contribution in [2.24, 2.45) is 5.11 Å². The van der Waals surface area contributed by atoms with Crippen molar-refractivity contribution in [2.75, 3.05) is 31.2 Å². The molecule has 10 N–H and O–H groups in total. The number of benzene rings is 1. The summed E-state index contributed by atoms with van der Waals surface area (Å²) >= 11 is 0. The molecule has 1 aromatic carbocycles. The van der Waals surface area contributed by atoms with Crippen LogP contribution in [0, 0.1) is 6.92 Å². The van der Waals surface area contributed by atoms with Crippen molar-refractivity contribution >= 4 is 62.1 Å². The van der Waals surface area contributed by atoms with Crippen LogP contribution in [-0.2, 0) is 53.3 Å². The highest BCUT2D eigenvalue weighted by atomic mass is 31.2. The topological polar surface area (TPSA) is 434 Å². The van der Waals surface area contributed by atoms with Crippen LogP contribution in [0.25, 0.3) is 21.6 Å². The third-order valence-electron chi connectivity index (χ3n) is 10.4. The van der Waals surface area contributed by atoms with Gasteiger partial charge in [0.2, 0.25) is 0 Å². The predicted molar refractivity (Wildman–Crippen MR) is 239 cm³/mol. The molecule has 2 fully saturated rings. The summed E-state index contributed by atoms with van der Waals surface area (Å²) in [6, 6.07) is 6.17. The van der Waals surface area contributed by atoms with Crippen molar-refractivity contribution in [3.05, 3.63) is 75.2 Å². The fourth-order valence-electron chi connectivity index (χ4n) is 7.32. The molecule has 30 nitrogen and oxygen atoms in total. The second kappa shape index (κ2) is 22.2. The molecule has 2 aliphatic rings. The Morgan fingerprint density at radius 2 is 1.76 bits per heavy atom. The zero-order valence-electron chi connectivity index (χ0n) is 37.8. The van der Waals surface area contributed by atoms with Crippen LogP contribution in [0.4, 0.5) is 26.9 Å². The van der Waals surface area contributed by atoms with E-state index in [1.54, 1.807) is 45.9 Å². The van der Waals surface area contributed by atoms with E-state index < -0.39 is 113 Å².